The Morgan fingerprint density at radius 2 is 1.91 bits per heavy atom. The van der Waals surface area contributed by atoms with Crippen LogP contribution in [0.25, 0.3) is 0 Å². The molecule has 0 aromatic carbocycles. The van der Waals surface area contributed by atoms with Crippen LogP contribution in [0.2, 0.25) is 0 Å². The molecular formula is C9H19NO. The average Bonchev–Trinajstić information content (AvgIpc) is 2.05. The van der Waals surface area contributed by atoms with Crippen LogP contribution in [0.1, 0.15) is 26.7 Å². The predicted molar refractivity (Wildman–Crippen MR) is 46.2 cm³/mol. The van der Waals surface area contributed by atoms with Gasteiger partial charge in [0.1, 0.15) is 0 Å². The minimum Gasteiger partial charge on any atom is -0.381 e. The van der Waals surface area contributed by atoms with Gasteiger partial charge in [0.2, 0.25) is 0 Å². The highest BCUT2D eigenvalue weighted by Crippen LogP contribution is 2.23. The van der Waals surface area contributed by atoms with Crippen molar-refractivity contribution in [3.8, 4) is 0 Å². The molecule has 1 fully saturated rings. The molecule has 11 heavy (non-hydrogen) atoms. The number of piperidine rings is 1. The normalized spacial score (nSPS) is 22.9. The minimum absolute atomic E-state index is 0.241. The van der Waals surface area contributed by atoms with E-state index in [1.807, 2.05) is 0 Å². The van der Waals surface area contributed by atoms with Crippen LogP contribution >= 0.6 is 0 Å². The number of likely N-dealkylation sites (tertiary alicyclic amines) is 1. The third-order valence-electron chi connectivity index (χ3n) is 2.78. The number of hydrogen-bond acceptors (Lipinski definition) is 2. The first kappa shape index (κ1) is 9.01. The Kier molecular flexibility index (Phi) is 3.34. The van der Waals surface area contributed by atoms with E-state index in [2.05, 4.69) is 18.7 Å². The first-order valence-electron chi connectivity index (χ1n) is 4.57. The molecule has 0 bridgehead atoms. The average molecular weight is 157 g/mol. The Bertz CT molecular complexity index is 106. The summed E-state index contributed by atoms with van der Waals surface area (Å²) in [5, 5.41) is 8.84. The first-order valence-corrected chi connectivity index (χ1v) is 4.57. The smallest absolute Gasteiger partial charge is 0.0956 e. The molecule has 2 nitrogen and oxygen atoms in total. The van der Waals surface area contributed by atoms with Crippen molar-refractivity contribution in [2.45, 2.75) is 26.7 Å². The molecule has 0 aliphatic carbocycles. The Morgan fingerprint density at radius 1 is 1.36 bits per heavy atom. The van der Waals surface area contributed by atoms with Gasteiger partial charge in [-0.05, 0) is 24.7 Å². The van der Waals surface area contributed by atoms with Gasteiger partial charge in [0.15, 0.2) is 0 Å². The maximum absolute atomic E-state index is 8.84. The fraction of sp³-hybridized carbons (Fsp3) is 1.00. The molecule has 1 N–H and O–H groups in total. The summed E-state index contributed by atoms with van der Waals surface area (Å²) < 4.78 is 0. The van der Waals surface area contributed by atoms with Crippen LogP contribution in [-0.4, -0.2) is 29.8 Å². The highest BCUT2D eigenvalue weighted by molar-refractivity contribution is 4.72. The van der Waals surface area contributed by atoms with Gasteiger partial charge >= 0.3 is 0 Å². The van der Waals surface area contributed by atoms with Crippen molar-refractivity contribution in [3.05, 3.63) is 0 Å². The van der Waals surface area contributed by atoms with Crippen LogP contribution in [-0.2, 0) is 0 Å². The molecule has 1 rings (SSSR count). The second-order valence-corrected chi connectivity index (χ2v) is 3.84. The Hall–Kier alpha value is -0.0800. The van der Waals surface area contributed by atoms with Gasteiger partial charge in [0, 0.05) is 13.1 Å². The van der Waals surface area contributed by atoms with Gasteiger partial charge in [-0.25, -0.2) is 0 Å². The maximum Gasteiger partial charge on any atom is 0.0956 e. The maximum atomic E-state index is 8.84. The van der Waals surface area contributed by atoms with E-state index in [0.29, 0.717) is 0 Å². The fourth-order valence-electron chi connectivity index (χ4n) is 1.76. The van der Waals surface area contributed by atoms with Gasteiger partial charge in [-0.1, -0.05) is 13.8 Å². The second-order valence-electron chi connectivity index (χ2n) is 3.84. The number of rotatable bonds is 2. The summed E-state index contributed by atoms with van der Waals surface area (Å²) in [6, 6.07) is 0. The zero-order chi connectivity index (χ0) is 8.27. The molecule has 0 aromatic heterocycles. The van der Waals surface area contributed by atoms with E-state index in [9.17, 15) is 0 Å². The van der Waals surface area contributed by atoms with E-state index in [1.54, 1.807) is 0 Å². The summed E-state index contributed by atoms with van der Waals surface area (Å²) in [5.74, 6) is 1.70. The van der Waals surface area contributed by atoms with Crippen molar-refractivity contribution in [2.75, 3.05) is 19.8 Å². The molecule has 1 heterocycles. The fourth-order valence-corrected chi connectivity index (χ4v) is 1.76. The standard InChI is InChI=1S/C9H19NO/c1-8(2)9-3-5-10(7-11)6-4-9/h8-9,11H,3-7H2,1-2H3. The number of nitrogens with zero attached hydrogens (tertiary/aromatic N) is 1. The van der Waals surface area contributed by atoms with Gasteiger partial charge in [-0.3, -0.25) is 4.90 Å². The van der Waals surface area contributed by atoms with E-state index in [-0.39, 0.29) is 6.73 Å². The topological polar surface area (TPSA) is 23.5 Å². The summed E-state index contributed by atoms with van der Waals surface area (Å²) in [4.78, 5) is 2.11. The molecule has 0 spiro atoms. The molecule has 0 atom stereocenters. The van der Waals surface area contributed by atoms with Gasteiger partial charge in [0.05, 0.1) is 6.73 Å². The molecule has 1 aliphatic heterocycles. The molecule has 1 saturated heterocycles. The van der Waals surface area contributed by atoms with Crippen molar-refractivity contribution in [1.29, 1.82) is 0 Å². The summed E-state index contributed by atoms with van der Waals surface area (Å²) in [5.41, 5.74) is 0. The van der Waals surface area contributed by atoms with Crippen molar-refractivity contribution >= 4 is 0 Å². The molecule has 1 aliphatic rings. The van der Waals surface area contributed by atoms with Crippen molar-refractivity contribution < 1.29 is 5.11 Å². The Morgan fingerprint density at radius 3 is 2.27 bits per heavy atom. The second kappa shape index (κ2) is 4.07. The summed E-state index contributed by atoms with van der Waals surface area (Å²) >= 11 is 0. The minimum atomic E-state index is 0.241. The van der Waals surface area contributed by atoms with Gasteiger partial charge < -0.3 is 5.11 Å². The summed E-state index contributed by atoms with van der Waals surface area (Å²) in [6.07, 6.45) is 2.52. The van der Waals surface area contributed by atoms with Gasteiger partial charge in [0.25, 0.3) is 0 Å². The van der Waals surface area contributed by atoms with E-state index >= 15 is 0 Å². The van der Waals surface area contributed by atoms with E-state index in [0.717, 1.165) is 24.9 Å². The van der Waals surface area contributed by atoms with Crippen LogP contribution in [0.5, 0.6) is 0 Å². The van der Waals surface area contributed by atoms with Gasteiger partial charge in [-0.2, -0.15) is 0 Å². The zero-order valence-electron chi connectivity index (χ0n) is 7.58. The van der Waals surface area contributed by atoms with Crippen molar-refractivity contribution in [2.24, 2.45) is 11.8 Å². The predicted octanol–water partition coefficient (Wildman–Crippen LogP) is 1.30. The summed E-state index contributed by atoms with van der Waals surface area (Å²) in [6.45, 7) is 6.99. The van der Waals surface area contributed by atoms with Crippen LogP contribution < -0.4 is 0 Å². The lowest BCUT2D eigenvalue weighted by atomic mass is 9.87. The third-order valence-corrected chi connectivity index (χ3v) is 2.78. The van der Waals surface area contributed by atoms with E-state index in [1.165, 1.54) is 12.8 Å². The number of hydrogen-bond donors (Lipinski definition) is 1. The highest BCUT2D eigenvalue weighted by Gasteiger charge is 2.20. The molecule has 0 radical (unpaired) electrons. The zero-order valence-corrected chi connectivity index (χ0v) is 7.58. The molecule has 2 heteroatoms. The Balaban J connectivity index is 2.24. The molecule has 0 aromatic rings. The summed E-state index contributed by atoms with van der Waals surface area (Å²) in [7, 11) is 0. The van der Waals surface area contributed by atoms with Gasteiger partial charge in [-0.15, -0.1) is 0 Å². The van der Waals surface area contributed by atoms with E-state index in [4.69, 9.17) is 5.11 Å². The lowest BCUT2D eigenvalue weighted by Crippen LogP contribution is -2.35. The molecule has 0 saturated carbocycles. The molecular weight excluding hydrogens is 138 g/mol. The molecule has 0 unspecified atom stereocenters. The van der Waals surface area contributed by atoms with Crippen molar-refractivity contribution in [1.82, 2.24) is 4.90 Å². The quantitative estimate of drug-likeness (QED) is 0.653. The first-order chi connectivity index (χ1) is 5.24. The molecule has 0 amide bonds. The van der Waals surface area contributed by atoms with Crippen LogP contribution in [0.4, 0.5) is 0 Å². The monoisotopic (exact) mass is 157 g/mol. The lowest BCUT2D eigenvalue weighted by Gasteiger charge is -2.32. The molecule has 66 valence electrons. The lowest BCUT2D eigenvalue weighted by molar-refractivity contribution is 0.0644. The van der Waals surface area contributed by atoms with E-state index < -0.39 is 0 Å². The third kappa shape index (κ3) is 2.46. The SMILES string of the molecule is CC(C)C1CCN(CO)CC1. The largest absolute Gasteiger partial charge is 0.381 e. The van der Waals surface area contributed by atoms with Crippen LogP contribution in [0, 0.1) is 11.8 Å². The Labute approximate surface area is 69.2 Å². The van der Waals surface area contributed by atoms with Crippen LogP contribution in [0.15, 0.2) is 0 Å². The van der Waals surface area contributed by atoms with Crippen LogP contribution in [0.3, 0.4) is 0 Å². The van der Waals surface area contributed by atoms with Crippen molar-refractivity contribution in [3.63, 3.8) is 0 Å². The highest BCUT2D eigenvalue weighted by atomic mass is 16.3. The number of aliphatic hydroxyl groups is 1. The number of aliphatic hydroxyl groups excluding tert-OH is 1.